The van der Waals surface area contributed by atoms with Gasteiger partial charge in [0.2, 0.25) is 5.91 Å². The summed E-state index contributed by atoms with van der Waals surface area (Å²) < 4.78 is 6.48. The van der Waals surface area contributed by atoms with Gasteiger partial charge in [0.15, 0.2) is 11.8 Å². The number of rotatable bonds is 6. The van der Waals surface area contributed by atoms with E-state index >= 15 is 0 Å². The predicted octanol–water partition coefficient (Wildman–Crippen LogP) is 3.33. The number of amides is 2. The number of anilines is 1. The largest absolute Gasteiger partial charge is 0.483 e. The van der Waals surface area contributed by atoms with Gasteiger partial charge in [-0.15, -0.1) is 5.10 Å². The van der Waals surface area contributed by atoms with Gasteiger partial charge in [0.1, 0.15) is 5.75 Å². The summed E-state index contributed by atoms with van der Waals surface area (Å²) in [5, 5.41) is 13.8. The topological polar surface area (TPSA) is 92.2 Å². The van der Waals surface area contributed by atoms with Gasteiger partial charge >= 0.3 is 0 Å². The first-order valence-corrected chi connectivity index (χ1v) is 10.1. The Balaban J connectivity index is 1.62. The van der Waals surface area contributed by atoms with Gasteiger partial charge in [-0.2, -0.15) is 5.10 Å². The zero-order chi connectivity index (χ0) is 19.9. The minimum absolute atomic E-state index is 0.0926. The second-order valence-electron chi connectivity index (χ2n) is 5.87. The molecule has 2 amide bonds. The maximum Gasteiger partial charge on any atom is 0.262 e. The van der Waals surface area contributed by atoms with Crippen molar-refractivity contribution >= 4 is 56.6 Å². The van der Waals surface area contributed by atoms with Crippen LogP contribution in [0.2, 0.25) is 0 Å². The van der Waals surface area contributed by atoms with Crippen molar-refractivity contribution in [1.29, 1.82) is 0 Å². The number of hydrogen-bond acceptors (Lipinski definition) is 6. The van der Waals surface area contributed by atoms with Crippen LogP contribution in [0.25, 0.3) is 0 Å². The molecule has 2 aromatic rings. The van der Waals surface area contributed by atoms with Crippen molar-refractivity contribution in [1.82, 2.24) is 5.32 Å². The molecule has 0 saturated carbocycles. The van der Waals surface area contributed by atoms with Gasteiger partial charge < -0.3 is 15.4 Å². The normalized spacial score (nSPS) is 15.1. The lowest BCUT2D eigenvalue weighted by molar-refractivity contribution is -0.118. The van der Waals surface area contributed by atoms with Gasteiger partial charge in [0.25, 0.3) is 5.91 Å². The number of halogens is 1. The maximum atomic E-state index is 12.1. The molecule has 2 N–H and O–H groups in total. The molecule has 28 heavy (non-hydrogen) atoms. The number of aryl methyl sites for hydroxylation is 1. The van der Waals surface area contributed by atoms with Crippen LogP contribution < -0.4 is 15.4 Å². The van der Waals surface area contributed by atoms with Crippen LogP contribution >= 0.6 is 27.7 Å². The molecule has 0 unspecified atom stereocenters. The fourth-order valence-electron chi connectivity index (χ4n) is 2.25. The first kappa shape index (κ1) is 20.1. The quantitative estimate of drug-likeness (QED) is 0.510. The number of hydrogen-bond donors (Lipinski definition) is 2. The van der Waals surface area contributed by atoms with E-state index in [1.165, 1.54) is 18.0 Å². The summed E-state index contributed by atoms with van der Waals surface area (Å²) >= 11 is 4.69. The molecule has 2 aromatic carbocycles. The molecule has 7 nitrogen and oxygen atoms in total. The lowest BCUT2D eigenvalue weighted by atomic mass is 10.2. The molecule has 0 aromatic heterocycles. The molecule has 1 fully saturated rings. The fraction of sp³-hybridized carbons (Fsp3) is 0.158. The van der Waals surface area contributed by atoms with Gasteiger partial charge in [-0.3, -0.25) is 9.59 Å². The molecule has 1 aliphatic rings. The smallest absolute Gasteiger partial charge is 0.262 e. The molecular formula is C19H17BrN4O3S. The lowest BCUT2D eigenvalue weighted by Crippen LogP contribution is -2.20. The average Bonchev–Trinajstić information content (AvgIpc) is 3.08. The molecule has 3 rings (SSSR count). The molecule has 1 aliphatic heterocycles. The lowest BCUT2D eigenvalue weighted by Gasteiger charge is -2.10. The average molecular weight is 461 g/mol. The molecule has 9 heteroatoms. The van der Waals surface area contributed by atoms with Crippen molar-refractivity contribution in [3.63, 3.8) is 0 Å². The van der Waals surface area contributed by atoms with Crippen molar-refractivity contribution in [2.45, 2.75) is 6.92 Å². The Morgan fingerprint density at radius 3 is 2.82 bits per heavy atom. The Kier molecular flexibility index (Phi) is 6.83. The number of nitrogens with one attached hydrogen (secondary N) is 2. The molecule has 0 atom stereocenters. The molecule has 0 spiro atoms. The van der Waals surface area contributed by atoms with E-state index in [0.29, 0.717) is 27.9 Å². The van der Waals surface area contributed by atoms with Gasteiger partial charge in [0.05, 0.1) is 12.0 Å². The Bertz CT molecular complexity index is 945. The summed E-state index contributed by atoms with van der Waals surface area (Å²) in [4.78, 5) is 23.3. The first-order chi connectivity index (χ1) is 13.5. The highest BCUT2D eigenvalue weighted by atomic mass is 79.9. The molecule has 0 radical (unpaired) electrons. The highest BCUT2D eigenvalue weighted by molar-refractivity contribution is 9.10. The predicted molar refractivity (Wildman–Crippen MR) is 115 cm³/mol. The monoisotopic (exact) mass is 460 g/mol. The van der Waals surface area contributed by atoms with E-state index in [-0.39, 0.29) is 18.4 Å². The maximum absolute atomic E-state index is 12.1. The van der Waals surface area contributed by atoms with Crippen LogP contribution in [0.5, 0.6) is 5.75 Å². The van der Waals surface area contributed by atoms with Crippen LogP contribution in [0.15, 0.2) is 57.1 Å². The summed E-state index contributed by atoms with van der Waals surface area (Å²) in [6.45, 7) is 1.84. The highest BCUT2D eigenvalue weighted by Gasteiger charge is 2.16. The zero-order valence-electron chi connectivity index (χ0n) is 14.9. The van der Waals surface area contributed by atoms with E-state index in [1.807, 2.05) is 37.3 Å². The van der Waals surface area contributed by atoms with E-state index in [1.54, 1.807) is 12.1 Å². The van der Waals surface area contributed by atoms with Gasteiger partial charge in [-0.05, 0) is 37.3 Å². The first-order valence-electron chi connectivity index (χ1n) is 8.32. The summed E-state index contributed by atoms with van der Waals surface area (Å²) in [6.07, 6.45) is 1.51. The number of benzene rings is 2. The van der Waals surface area contributed by atoms with Crippen LogP contribution in [0.1, 0.15) is 11.1 Å². The van der Waals surface area contributed by atoms with Gasteiger partial charge in [-0.25, -0.2) is 0 Å². The van der Waals surface area contributed by atoms with Crippen LogP contribution in [-0.4, -0.2) is 35.6 Å². The van der Waals surface area contributed by atoms with Crippen molar-refractivity contribution in [3.05, 3.63) is 58.1 Å². The third kappa shape index (κ3) is 5.93. The molecule has 0 aliphatic carbocycles. The van der Waals surface area contributed by atoms with Gasteiger partial charge in [-0.1, -0.05) is 45.4 Å². The molecule has 0 bridgehead atoms. The Hall–Kier alpha value is -2.65. The molecule has 1 saturated heterocycles. The number of thioether (sulfide) groups is 1. The van der Waals surface area contributed by atoms with E-state index in [2.05, 4.69) is 36.8 Å². The Morgan fingerprint density at radius 1 is 1.32 bits per heavy atom. The SMILES string of the molecule is Cc1ccc(NC(=O)COc2ccc(Br)cc2C=NN=C2NC(=O)CS2)cc1. The van der Waals surface area contributed by atoms with Crippen LogP contribution in [-0.2, 0) is 9.59 Å². The van der Waals surface area contributed by atoms with Crippen LogP contribution in [0.4, 0.5) is 5.69 Å². The van der Waals surface area contributed by atoms with E-state index in [9.17, 15) is 9.59 Å². The standard InChI is InChI=1S/C19H17BrN4O3S/c1-12-2-5-15(6-3-12)22-17(25)10-27-16-7-4-14(20)8-13(16)9-21-24-19-23-18(26)11-28-19/h2-9H,10-11H2,1H3,(H,22,25)(H,23,24,26). The minimum atomic E-state index is -0.264. The summed E-state index contributed by atoms with van der Waals surface area (Å²) in [5.41, 5.74) is 2.48. The zero-order valence-corrected chi connectivity index (χ0v) is 17.3. The summed E-state index contributed by atoms with van der Waals surface area (Å²) in [6, 6.07) is 12.9. The number of nitrogens with zero attached hydrogens (tertiary/aromatic N) is 2. The van der Waals surface area contributed by atoms with Crippen molar-refractivity contribution in [2.75, 3.05) is 17.7 Å². The van der Waals surface area contributed by atoms with Gasteiger partial charge in [0, 0.05) is 15.7 Å². The summed E-state index contributed by atoms with van der Waals surface area (Å²) in [5.74, 6) is 0.481. The van der Waals surface area contributed by atoms with Crippen molar-refractivity contribution in [3.8, 4) is 5.75 Å². The third-order valence-electron chi connectivity index (χ3n) is 3.60. The Labute approximate surface area is 174 Å². The summed E-state index contributed by atoms with van der Waals surface area (Å²) in [7, 11) is 0. The molecular weight excluding hydrogens is 444 g/mol. The van der Waals surface area contributed by atoms with E-state index in [0.717, 1.165) is 10.0 Å². The number of amidine groups is 1. The van der Waals surface area contributed by atoms with Crippen molar-refractivity contribution < 1.29 is 14.3 Å². The second kappa shape index (κ2) is 9.52. The van der Waals surface area contributed by atoms with E-state index in [4.69, 9.17) is 4.74 Å². The second-order valence-corrected chi connectivity index (χ2v) is 7.75. The van der Waals surface area contributed by atoms with Crippen LogP contribution in [0, 0.1) is 6.92 Å². The molecule has 1 heterocycles. The van der Waals surface area contributed by atoms with E-state index < -0.39 is 0 Å². The number of carbonyl (C=O) groups excluding carboxylic acids is 2. The third-order valence-corrected chi connectivity index (χ3v) is 4.95. The van der Waals surface area contributed by atoms with Crippen LogP contribution in [0.3, 0.4) is 0 Å². The number of ether oxygens (including phenoxy) is 1. The fourth-order valence-corrected chi connectivity index (χ4v) is 3.26. The minimum Gasteiger partial charge on any atom is -0.483 e. The number of carbonyl (C=O) groups is 2. The Morgan fingerprint density at radius 2 is 2.11 bits per heavy atom. The highest BCUT2D eigenvalue weighted by Crippen LogP contribution is 2.22. The molecule has 144 valence electrons. The van der Waals surface area contributed by atoms with Crippen molar-refractivity contribution in [2.24, 2.45) is 10.2 Å².